The zero-order chi connectivity index (χ0) is 12.1. The van der Waals surface area contributed by atoms with Crippen LogP contribution in [0.15, 0.2) is 21.6 Å². The van der Waals surface area contributed by atoms with Crippen molar-refractivity contribution in [2.24, 2.45) is 4.99 Å². The molecular formula is C11H12BrN3S. The largest absolute Gasteiger partial charge is 0.271 e. The summed E-state index contributed by atoms with van der Waals surface area (Å²) in [5.41, 5.74) is 3.08. The molecule has 0 saturated carbocycles. The maximum absolute atomic E-state index is 8.55. The molecule has 0 atom stereocenters. The molecule has 0 aliphatic carbocycles. The van der Waals surface area contributed by atoms with Crippen LogP contribution in [0.25, 0.3) is 0 Å². The average Bonchev–Trinajstić information content (AvgIpc) is 2.25. The van der Waals surface area contributed by atoms with Crippen LogP contribution in [-0.2, 0) is 0 Å². The van der Waals surface area contributed by atoms with Crippen molar-refractivity contribution in [3.8, 4) is 6.19 Å². The minimum absolute atomic E-state index is 0.604. The van der Waals surface area contributed by atoms with Crippen LogP contribution in [0.3, 0.4) is 0 Å². The quantitative estimate of drug-likeness (QED) is 0.374. The molecule has 0 spiro atoms. The highest BCUT2D eigenvalue weighted by Crippen LogP contribution is 2.27. The van der Waals surface area contributed by atoms with Gasteiger partial charge in [0.05, 0.1) is 5.69 Å². The van der Waals surface area contributed by atoms with Gasteiger partial charge in [-0.3, -0.25) is 5.32 Å². The lowest BCUT2D eigenvalue weighted by atomic mass is 10.1. The van der Waals surface area contributed by atoms with E-state index in [1.165, 1.54) is 11.8 Å². The molecule has 0 amide bonds. The molecule has 5 heteroatoms. The normalized spacial score (nSPS) is 11.1. The molecule has 16 heavy (non-hydrogen) atoms. The number of thioether (sulfide) groups is 1. The van der Waals surface area contributed by atoms with Crippen molar-refractivity contribution in [2.45, 2.75) is 13.8 Å². The number of nitriles is 1. The van der Waals surface area contributed by atoms with Crippen LogP contribution in [0, 0.1) is 25.3 Å². The summed E-state index contributed by atoms with van der Waals surface area (Å²) >= 11 is 4.89. The van der Waals surface area contributed by atoms with E-state index in [-0.39, 0.29) is 0 Å². The van der Waals surface area contributed by atoms with E-state index >= 15 is 0 Å². The molecule has 0 radical (unpaired) electrons. The minimum atomic E-state index is 0.604. The van der Waals surface area contributed by atoms with Crippen LogP contribution in [0.1, 0.15) is 11.1 Å². The number of aliphatic imine (C=N–C) groups is 1. The van der Waals surface area contributed by atoms with Gasteiger partial charge in [0, 0.05) is 4.47 Å². The second-order valence-corrected chi connectivity index (χ2v) is 4.90. The first kappa shape index (κ1) is 13.1. The lowest BCUT2D eigenvalue weighted by Gasteiger charge is -2.06. The average molecular weight is 298 g/mol. The third kappa shape index (κ3) is 3.26. The summed E-state index contributed by atoms with van der Waals surface area (Å²) in [6.45, 7) is 4.01. The highest BCUT2D eigenvalue weighted by molar-refractivity contribution is 9.10. The molecule has 0 bridgehead atoms. The number of hydrogen-bond acceptors (Lipinski definition) is 3. The van der Waals surface area contributed by atoms with Crippen molar-refractivity contribution in [3.05, 3.63) is 27.7 Å². The summed E-state index contributed by atoms with van der Waals surface area (Å²) in [4.78, 5) is 4.39. The molecule has 84 valence electrons. The van der Waals surface area contributed by atoms with E-state index in [0.717, 1.165) is 21.3 Å². The first-order valence-corrected chi connectivity index (χ1v) is 6.64. The Morgan fingerprint density at radius 1 is 1.44 bits per heavy atom. The third-order valence-corrected chi connectivity index (χ3v) is 3.49. The Labute approximate surface area is 108 Å². The number of amidine groups is 1. The van der Waals surface area contributed by atoms with Crippen LogP contribution in [0.4, 0.5) is 5.69 Å². The molecule has 0 aliphatic heterocycles. The van der Waals surface area contributed by atoms with E-state index in [4.69, 9.17) is 5.26 Å². The first-order chi connectivity index (χ1) is 7.58. The number of rotatable bonds is 1. The van der Waals surface area contributed by atoms with Gasteiger partial charge in [0.25, 0.3) is 0 Å². The predicted molar refractivity (Wildman–Crippen MR) is 73.0 cm³/mol. The molecule has 3 nitrogen and oxygen atoms in total. The molecule has 0 aliphatic rings. The number of hydrogen-bond donors (Lipinski definition) is 1. The van der Waals surface area contributed by atoms with Gasteiger partial charge in [-0.25, -0.2) is 4.99 Å². The molecule has 1 N–H and O–H groups in total. The Morgan fingerprint density at radius 2 is 2.12 bits per heavy atom. The summed E-state index contributed by atoms with van der Waals surface area (Å²) in [6, 6.07) is 4.02. The van der Waals surface area contributed by atoms with Crippen molar-refractivity contribution in [3.63, 3.8) is 0 Å². The number of aryl methyl sites for hydroxylation is 2. The maximum atomic E-state index is 8.55. The molecule has 1 aromatic carbocycles. The molecule has 0 saturated heterocycles. The number of benzene rings is 1. The molecule has 1 aromatic rings. The highest BCUT2D eigenvalue weighted by Gasteiger charge is 2.03. The van der Waals surface area contributed by atoms with Gasteiger partial charge in [0.2, 0.25) is 0 Å². The van der Waals surface area contributed by atoms with E-state index in [2.05, 4.69) is 26.2 Å². The smallest absolute Gasteiger partial charge is 0.183 e. The zero-order valence-corrected chi connectivity index (χ0v) is 11.7. The third-order valence-electron chi connectivity index (χ3n) is 2.06. The van der Waals surface area contributed by atoms with Crippen molar-refractivity contribution in [1.82, 2.24) is 5.32 Å². The van der Waals surface area contributed by atoms with Crippen LogP contribution in [0.5, 0.6) is 0 Å². The fourth-order valence-corrected chi connectivity index (χ4v) is 1.96. The van der Waals surface area contributed by atoms with Crippen LogP contribution >= 0.6 is 27.7 Å². The first-order valence-electron chi connectivity index (χ1n) is 4.63. The van der Waals surface area contributed by atoms with Gasteiger partial charge in [-0.05, 0) is 43.4 Å². The Balaban J connectivity index is 3.14. The van der Waals surface area contributed by atoms with Gasteiger partial charge in [-0.1, -0.05) is 27.7 Å². The number of nitrogens with zero attached hydrogens (tertiary/aromatic N) is 2. The van der Waals surface area contributed by atoms with Crippen molar-refractivity contribution in [2.75, 3.05) is 6.26 Å². The van der Waals surface area contributed by atoms with Crippen molar-refractivity contribution >= 4 is 38.5 Å². The SMILES string of the molecule is CSC(=Nc1cc(C)c(Br)cc1C)NC#N. The Morgan fingerprint density at radius 3 is 2.69 bits per heavy atom. The van der Waals surface area contributed by atoms with Crippen LogP contribution < -0.4 is 5.32 Å². The van der Waals surface area contributed by atoms with Crippen LogP contribution in [-0.4, -0.2) is 11.4 Å². The summed E-state index contributed by atoms with van der Waals surface area (Å²) in [7, 11) is 0. The second kappa shape index (κ2) is 5.92. The van der Waals surface area contributed by atoms with Gasteiger partial charge in [-0.15, -0.1) is 0 Å². The monoisotopic (exact) mass is 297 g/mol. The fraction of sp³-hybridized carbons (Fsp3) is 0.273. The summed E-state index contributed by atoms with van der Waals surface area (Å²) in [5, 5.41) is 11.7. The summed E-state index contributed by atoms with van der Waals surface area (Å²) in [6.07, 6.45) is 3.75. The zero-order valence-electron chi connectivity index (χ0n) is 9.34. The maximum Gasteiger partial charge on any atom is 0.183 e. The Bertz CT molecular complexity index is 463. The van der Waals surface area contributed by atoms with E-state index in [1.54, 1.807) is 0 Å². The lowest BCUT2D eigenvalue weighted by molar-refractivity contribution is 1.26. The van der Waals surface area contributed by atoms with Gasteiger partial charge < -0.3 is 0 Å². The predicted octanol–water partition coefficient (Wildman–Crippen LogP) is 3.49. The standard InChI is InChI=1S/C11H12BrN3S/c1-7-5-10(8(2)4-9(7)12)15-11(16-3)14-6-13/h4-5H,1-3H3,(H,14,15). The summed E-state index contributed by atoms with van der Waals surface area (Å²) < 4.78 is 1.07. The molecule has 0 aromatic heterocycles. The summed E-state index contributed by atoms with van der Waals surface area (Å²) in [5.74, 6) is 0. The van der Waals surface area contributed by atoms with Gasteiger partial charge >= 0.3 is 0 Å². The van der Waals surface area contributed by atoms with E-state index in [9.17, 15) is 0 Å². The van der Waals surface area contributed by atoms with E-state index in [0.29, 0.717) is 5.17 Å². The van der Waals surface area contributed by atoms with Gasteiger partial charge in [0.1, 0.15) is 0 Å². The number of nitrogens with one attached hydrogen (secondary N) is 1. The van der Waals surface area contributed by atoms with Crippen molar-refractivity contribution < 1.29 is 0 Å². The molecular weight excluding hydrogens is 286 g/mol. The van der Waals surface area contributed by atoms with E-state index < -0.39 is 0 Å². The Kier molecular flexibility index (Phi) is 4.84. The highest BCUT2D eigenvalue weighted by atomic mass is 79.9. The van der Waals surface area contributed by atoms with Gasteiger partial charge in [-0.2, -0.15) is 5.26 Å². The Hall–Kier alpha value is -0.990. The topological polar surface area (TPSA) is 48.2 Å². The number of halogens is 1. The molecule has 0 heterocycles. The van der Waals surface area contributed by atoms with E-state index in [1.807, 2.05) is 38.4 Å². The fourth-order valence-electron chi connectivity index (χ4n) is 1.17. The van der Waals surface area contributed by atoms with Crippen molar-refractivity contribution in [1.29, 1.82) is 5.26 Å². The minimum Gasteiger partial charge on any atom is -0.271 e. The molecule has 0 fully saturated rings. The molecule has 0 unspecified atom stereocenters. The second-order valence-electron chi connectivity index (χ2n) is 3.25. The van der Waals surface area contributed by atoms with Gasteiger partial charge in [0.15, 0.2) is 11.4 Å². The lowest BCUT2D eigenvalue weighted by Crippen LogP contribution is -2.12. The van der Waals surface area contributed by atoms with Crippen LogP contribution in [0.2, 0.25) is 0 Å². The molecule has 1 rings (SSSR count).